The monoisotopic (exact) mass is 317 g/mol. The van der Waals surface area contributed by atoms with Crippen molar-refractivity contribution in [2.24, 2.45) is 0 Å². The van der Waals surface area contributed by atoms with Gasteiger partial charge in [0.15, 0.2) is 11.5 Å². The number of likely N-dealkylation sites (tertiary alicyclic amines) is 1. The fourth-order valence-corrected chi connectivity index (χ4v) is 4.15. The summed E-state index contributed by atoms with van der Waals surface area (Å²) in [6.45, 7) is 0.901. The van der Waals surface area contributed by atoms with E-state index in [0.717, 1.165) is 13.0 Å². The van der Waals surface area contributed by atoms with Gasteiger partial charge in [0.05, 0.1) is 12.7 Å². The standard InChI is InChI=1S/C17H19NO5/c1-18-4-3-8-5-12(20)16-14(15(8)18)9-6-11(19)13(22-2)7-10(9)17(21)23-16/h5-7,12,14-16,19-20H,3-4H2,1-2H3/t12-,14+,15+,16-/m0/s1. The third kappa shape index (κ3) is 1.98. The van der Waals surface area contributed by atoms with Crippen molar-refractivity contribution in [3.05, 3.63) is 34.9 Å². The van der Waals surface area contributed by atoms with Crippen molar-refractivity contribution in [2.45, 2.75) is 30.6 Å². The van der Waals surface area contributed by atoms with Crippen LogP contribution in [0.4, 0.5) is 0 Å². The van der Waals surface area contributed by atoms with Crippen LogP contribution in [0.1, 0.15) is 28.3 Å². The van der Waals surface area contributed by atoms with Crippen molar-refractivity contribution in [2.75, 3.05) is 20.7 Å². The van der Waals surface area contributed by atoms with Crippen LogP contribution in [0.2, 0.25) is 0 Å². The molecule has 0 aromatic heterocycles. The fourth-order valence-electron chi connectivity index (χ4n) is 4.15. The molecule has 122 valence electrons. The first kappa shape index (κ1) is 14.5. The Hall–Kier alpha value is -2.05. The molecule has 6 nitrogen and oxygen atoms in total. The number of likely N-dealkylation sites (N-methyl/N-ethyl adjacent to an activating group) is 1. The Morgan fingerprint density at radius 2 is 2.17 bits per heavy atom. The summed E-state index contributed by atoms with van der Waals surface area (Å²) in [4.78, 5) is 14.5. The summed E-state index contributed by atoms with van der Waals surface area (Å²) in [7, 11) is 3.47. The number of phenolic OH excluding ortho intramolecular Hbond substituents is 1. The molecular formula is C17H19NO5. The Morgan fingerprint density at radius 1 is 1.39 bits per heavy atom. The van der Waals surface area contributed by atoms with Crippen LogP contribution in [0.25, 0.3) is 0 Å². The average Bonchev–Trinajstić information content (AvgIpc) is 2.88. The lowest BCUT2D eigenvalue weighted by atomic mass is 9.74. The molecule has 1 aliphatic carbocycles. The number of rotatable bonds is 1. The Balaban J connectivity index is 1.90. The van der Waals surface area contributed by atoms with Gasteiger partial charge in [-0.1, -0.05) is 11.6 Å². The normalized spacial score (nSPS) is 32.5. The number of benzene rings is 1. The summed E-state index contributed by atoms with van der Waals surface area (Å²) in [5, 5.41) is 20.5. The maximum atomic E-state index is 12.3. The highest BCUT2D eigenvalue weighted by Crippen LogP contribution is 2.47. The zero-order valence-electron chi connectivity index (χ0n) is 13.0. The predicted molar refractivity (Wildman–Crippen MR) is 81.7 cm³/mol. The van der Waals surface area contributed by atoms with Gasteiger partial charge in [-0.3, -0.25) is 4.90 Å². The van der Waals surface area contributed by atoms with Crippen molar-refractivity contribution in [3.63, 3.8) is 0 Å². The molecule has 1 aromatic rings. The maximum Gasteiger partial charge on any atom is 0.338 e. The number of aromatic hydroxyl groups is 1. The Kier molecular flexibility index (Phi) is 3.14. The van der Waals surface area contributed by atoms with Gasteiger partial charge in [-0.15, -0.1) is 0 Å². The van der Waals surface area contributed by atoms with E-state index in [4.69, 9.17) is 9.47 Å². The molecule has 1 fully saturated rings. The number of aliphatic hydroxyl groups is 1. The molecule has 0 unspecified atom stereocenters. The van der Waals surface area contributed by atoms with Crippen LogP contribution in [0.5, 0.6) is 11.5 Å². The summed E-state index contributed by atoms with van der Waals surface area (Å²) in [5.41, 5.74) is 2.28. The Bertz CT molecular complexity index is 713. The molecule has 0 saturated carbocycles. The topological polar surface area (TPSA) is 79.2 Å². The van der Waals surface area contributed by atoms with E-state index in [-0.39, 0.29) is 23.5 Å². The van der Waals surface area contributed by atoms with Crippen LogP contribution in [0.15, 0.2) is 23.8 Å². The van der Waals surface area contributed by atoms with Gasteiger partial charge in [0.1, 0.15) is 12.2 Å². The van der Waals surface area contributed by atoms with E-state index in [9.17, 15) is 15.0 Å². The van der Waals surface area contributed by atoms with E-state index in [1.54, 1.807) is 6.07 Å². The van der Waals surface area contributed by atoms with Gasteiger partial charge in [0.2, 0.25) is 0 Å². The molecular weight excluding hydrogens is 298 g/mol. The van der Waals surface area contributed by atoms with Crippen molar-refractivity contribution >= 4 is 5.97 Å². The lowest BCUT2D eigenvalue weighted by molar-refractivity contribution is -0.0337. The van der Waals surface area contributed by atoms with E-state index in [0.29, 0.717) is 11.1 Å². The lowest BCUT2D eigenvalue weighted by Crippen LogP contribution is -2.50. The summed E-state index contributed by atoms with van der Waals surface area (Å²) >= 11 is 0. The molecule has 2 heterocycles. The SMILES string of the molecule is COc1cc2c(cc1O)[C@H]1[C@@H](OC2=O)[C@@H](O)C=C2CCN(C)[C@H]21. The maximum absolute atomic E-state index is 12.3. The number of methoxy groups -OCH3 is 1. The zero-order valence-corrected chi connectivity index (χ0v) is 13.0. The Labute approximate surface area is 133 Å². The van der Waals surface area contributed by atoms with Crippen LogP contribution in [-0.2, 0) is 4.74 Å². The number of phenols is 1. The van der Waals surface area contributed by atoms with Crippen LogP contribution >= 0.6 is 0 Å². The molecule has 1 saturated heterocycles. The molecule has 2 N–H and O–H groups in total. The molecule has 0 bridgehead atoms. The zero-order chi connectivity index (χ0) is 16.3. The number of carbonyl (C=O) groups excluding carboxylic acids is 1. The molecule has 3 aliphatic rings. The summed E-state index contributed by atoms with van der Waals surface area (Å²) in [5.74, 6) is -0.449. The molecule has 4 rings (SSSR count). The number of fused-ring (bicyclic) bond motifs is 5. The number of ether oxygens (including phenoxy) is 2. The van der Waals surface area contributed by atoms with E-state index in [1.165, 1.54) is 18.7 Å². The minimum atomic E-state index is -0.820. The smallest absolute Gasteiger partial charge is 0.338 e. The van der Waals surface area contributed by atoms with Crippen molar-refractivity contribution in [3.8, 4) is 11.5 Å². The van der Waals surface area contributed by atoms with Crippen LogP contribution in [0.3, 0.4) is 0 Å². The first-order valence-electron chi connectivity index (χ1n) is 7.72. The Morgan fingerprint density at radius 3 is 2.91 bits per heavy atom. The van der Waals surface area contributed by atoms with Gasteiger partial charge < -0.3 is 19.7 Å². The molecule has 6 heteroatoms. The van der Waals surface area contributed by atoms with Gasteiger partial charge in [-0.25, -0.2) is 4.79 Å². The highest BCUT2D eigenvalue weighted by molar-refractivity contribution is 5.94. The van der Waals surface area contributed by atoms with Gasteiger partial charge in [-0.05, 0) is 31.2 Å². The minimum Gasteiger partial charge on any atom is -0.504 e. The van der Waals surface area contributed by atoms with Gasteiger partial charge >= 0.3 is 5.97 Å². The number of nitrogens with zero attached hydrogens (tertiary/aromatic N) is 1. The molecule has 2 aliphatic heterocycles. The van der Waals surface area contributed by atoms with E-state index in [2.05, 4.69) is 4.90 Å². The van der Waals surface area contributed by atoms with Gasteiger partial charge in [0, 0.05) is 18.5 Å². The number of hydrogen-bond acceptors (Lipinski definition) is 6. The lowest BCUT2D eigenvalue weighted by Gasteiger charge is -2.43. The molecule has 0 amide bonds. The third-order valence-electron chi connectivity index (χ3n) is 5.20. The number of carbonyl (C=O) groups is 1. The van der Waals surface area contributed by atoms with Crippen LogP contribution in [0, 0.1) is 0 Å². The van der Waals surface area contributed by atoms with Gasteiger partial charge in [-0.2, -0.15) is 0 Å². The number of esters is 1. The predicted octanol–water partition coefficient (Wildman–Crippen LogP) is 1.03. The summed E-state index contributed by atoms with van der Waals surface area (Å²) in [6, 6.07) is 3.17. The van der Waals surface area contributed by atoms with Crippen LogP contribution in [-0.4, -0.2) is 60.0 Å². The molecule has 0 spiro atoms. The fraction of sp³-hybridized carbons (Fsp3) is 0.471. The second-order valence-corrected chi connectivity index (χ2v) is 6.41. The number of hydrogen-bond donors (Lipinski definition) is 2. The van der Waals surface area contributed by atoms with Crippen molar-refractivity contribution < 1.29 is 24.5 Å². The average molecular weight is 317 g/mol. The molecule has 4 atom stereocenters. The quantitative estimate of drug-likeness (QED) is 0.595. The summed E-state index contributed by atoms with van der Waals surface area (Å²) in [6.07, 6.45) is 1.26. The molecule has 1 aromatic carbocycles. The highest BCUT2D eigenvalue weighted by Gasteiger charge is 2.50. The van der Waals surface area contributed by atoms with Gasteiger partial charge in [0.25, 0.3) is 0 Å². The molecule has 23 heavy (non-hydrogen) atoms. The van der Waals surface area contributed by atoms with E-state index < -0.39 is 18.2 Å². The van der Waals surface area contributed by atoms with Crippen molar-refractivity contribution in [1.29, 1.82) is 0 Å². The third-order valence-corrected chi connectivity index (χ3v) is 5.20. The van der Waals surface area contributed by atoms with Crippen LogP contribution < -0.4 is 4.74 Å². The molecule has 0 radical (unpaired) electrons. The highest BCUT2D eigenvalue weighted by atomic mass is 16.6. The summed E-state index contributed by atoms with van der Waals surface area (Å²) < 4.78 is 10.6. The van der Waals surface area contributed by atoms with E-state index in [1.807, 2.05) is 13.1 Å². The number of aliphatic hydroxyl groups excluding tert-OH is 1. The van der Waals surface area contributed by atoms with Crippen molar-refractivity contribution in [1.82, 2.24) is 4.90 Å². The second-order valence-electron chi connectivity index (χ2n) is 6.41. The largest absolute Gasteiger partial charge is 0.504 e. The first-order chi connectivity index (χ1) is 11.0. The van der Waals surface area contributed by atoms with E-state index >= 15 is 0 Å². The minimum absolute atomic E-state index is 0.00839. The second kappa shape index (κ2) is 4.97. The first-order valence-corrected chi connectivity index (χ1v) is 7.72.